The zero-order chi connectivity index (χ0) is 22.9. The molecule has 7 heteroatoms. The second-order valence-electron chi connectivity index (χ2n) is 9.94. The molecule has 0 aromatic heterocycles. The van der Waals surface area contributed by atoms with Gasteiger partial charge in [0, 0.05) is 12.3 Å². The molecule has 2 aliphatic rings. The number of ketones is 1. The number of halogens is 1. The maximum atomic E-state index is 13.1. The third-order valence-corrected chi connectivity index (χ3v) is 8.07. The van der Waals surface area contributed by atoms with E-state index in [1.54, 1.807) is 20.8 Å². The van der Waals surface area contributed by atoms with Crippen LogP contribution in [-0.4, -0.2) is 52.0 Å². The molecule has 2 N–H and O–H groups in total. The molecule has 0 aliphatic carbocycles. The summed E-state index contributed by atoms with van der Waals surface area (Å²) in [6, 6.07) is 0. The average Bonchev–Trinajstić information content (AvgIpc) is 3.32. The summed E-state index contributed by atoms with van der Waals surface area (Å²) in [5.41, 5.74) is -0.489. The molecule has 7 atom stereocenters. The second-order valence-corrected chi connectivity index (χ2v) is 10.6. The summed E-state index contributed by atoms with van der Waals surface area (Å²) >= 11 is 2.13. The third-order valence-electron chi connectivity index (χ3n) is 7.09. The zero-order valence-electron chi connectivity index (χ0n) is 19.0. The SMILES string of the molecule is C/C(=C/I)[C@@H]1C[C@@H]2O[C@]2(C)CCC[C@H](C)[C@H](O)[C@@H](C)C(=O)C(C)(C)[C@@H](O)CC(=O)O1. The molecule has 2 aliphatic heterocycles. The molecule has 0 spiro atoms. The lowest BCUT2D eigenvalue weighted by atomic mass is 9.73. The fourth-order valence-corrected chi connectivity index (χ4v) is 4.77. The molecule has 0 saturated carbocycles. The van der Waals surface area contributed by atoms with E-state index in [1.165, 1.54) is 0 Å². The molecule has 0 aromatic carbocycles. The van der Waals surface area contributed by atoms with Gasteiger partial charge in [0.2, 0.25) is 0 Å². The number of fused-ring (bicyclic) bond motifs is 1. The van der Waals surface area contributed by atoms with E-state index in [2.05, 4.69) is 29.5 Å². The van der Waals surface area contributed by atoms with Crippen molar-refractivity contribution < 1.29 is 29.3 Å². The normalized spacial score (nSPS) is 41.7. The molecule has 6 nitrogen and oxygen atoms in total. The number of cyclic esters (lactones) is 1. The largest absolute Gasteiger partial charge is 0.458 e. The smallest absolute Gasteiger partial charge is 0.309 e. The van der Waals surface area contributed by atoms with Crippen LogP contribution >= 0.6 is 22.6 Å². The lowest BCUT2D eigenvalue weighted by Gasteiger charge is -2.34. The van der Waals surface area contributed by atoms with Crippen molar-refractivity contribution in [2.45, 2.75) is 104 Å². The van der Waals surface area contributed by atoms with Gasteiger partial charge in [-0.2, -0.15) is 0 Å². The molecule has 2 rings (SSSR count). The van der Waals surface area contributed by atoms with Gasteiger partial charge in [-0.25, -0.2) is 0 Å². The highest BCUT2D eigenvalue weighted by molar-refractivity contribution is 14.1. The van der Waals surface area contributed by atoms with Crippen molar-refractivity contribution in [1.82, 2.24) is 0 Å². The molecular formula is C23H37IO6. The summed E-state index contributed by atoms with van der Waals surface area (Å²) in [5, 5.41) is 21.4. The van der Waals surface area contributed by atoms with E-state index in [-0.39, 0.29) is 29.8 Å². The molecule has 2 heterocycles. The molecule has 0 amide bonds. The Kier molecular flexibility index (Phi) is 8.55. The number of esters is 1. The van der Waals surface area contributed by atoms with Crippen molar-refractivity contribution in [1.29, 1.82) is 0 Å². The van der Waals surface area contributed by atoms with Crippen LogP contribution in [-0.2, 0) is 19.1 Å². The summed E-state index contributed by atoms with van der Waals surface area (Å²) in [4.78, 5) is 25.7. The van der Waals surface area contributed by atoms with E-state index in [9.17, 15) is 19.8 Å². The lowest BCUT2D eigenvalue weighted by molar-refractivity contribution is -0.154. The quantitative estimate of drug-likeness (QED) is 0.300. The Morgan fingerprint density at radius 3 is 2.43 bits per heavy atom. The maximum absolute atomic E-state index is 13.1. The fraction of sp³-hybridized carbons (Fsp3) is 0.826. The molecule has 0 radical (unpaired) electrons. The molecule has 30 heavy (non-hydrogen) atoms. The summed E-state index contributed by atoms with van der Waals surface area (Å²) in [5.74, 6) is -1.47. The van der Waals surface area contributed by atoms with Gasteiger partial charge in [0.1, 0.15) is 11.9 Å². The van der Waals surface area contributed by atoms with Gasteiger partial charge in [-0.1, -0.05) is 56.7 Å². The molecule has 0 unspecified atom stereocenters. The van der Waals surface area contributed by atoms with Crippen molar-refractivity contribution in [2.75, 3.05) is 0 Å². The predicted octanol–water partition coefficient (Wildman–Crippen LogP) is 3.95. The Balaban J connectivity index is 2.26. The molecule has 2 fully saturated rings. The van der Waals surface area contributed by atoms with Crippen LogP contribution in [0.2, 0.25) is 0 Å². The molecule has 172 valence electrons. The summed E-state index contributed by atoms with van der Waals surface area (Å²) in [6.45, 7) is 10.9. The van der Waals surface area contributed by atoms with Gasteiger partial charge in [0.05, 0.1) is 35.7 Å². The number of Topliss-reactive ketones (excluding diaryl/α,β-unsaturated/α-hetero) is 1. The number of carbonyl (C=O) groups excluding carboxylic acids is 2. The Morgan fingerprint density at radius 2 is 1.83 bits per heavy atom. The van der Waals surface area contributed by atoms with Crippen LogP contribution in [0.25, 0.3) is 0 Å². The van der Waals surface area contributed by atoms with Gasteiger partial charge in [0.25, 0.3) is 0 Å². The van der Waals surface area contributed by atoms with Gasteiger partial charge in [-0.05, 0) is 42.3 Å². The number of epoxide rings is 1. The first kappa shape index (κ1) is 25.7. The second kappa shape index (κ2) is 9.96. The minimum Gasteiger partial charge on any atom is -0.458 e. The molecule has 2 saturated heterocycles. The summed E-state index contributed by atoms with van der Waals surface area (Å²) < 4.78 is 13.5. The number of aliphatic hydroxyl groups is 2. The van der Waals surface area contributed by atoms with Crippen LogP contribution in [0.3, 0.4) is 0 Å². The van der Waals surface area contributed by atoms with Gasteiger partial charge in [-0.15, -0.1) is 0 Å². The minimum absolute atomic E-state index is 0.0107. The average molecular weight is 536 g/mol. The number of carbonyl (C=O) groups is 2. The zero-order valence-corrected chi connectivity index (χ0v) is 21.1. The van der Waals surface area contributed by atoms with Crippen LogP contribution in [0, 0.1) is 17.3 Å². The predicted molar refractivity (Wildman–Crippen MR) is 123 cm³/mol. The van der Waals surface area contributed by atoms with Crippen molar-refractivity contribution in [3.05, 3.63) is 9.66 Å². The van der Waals surface area contributed by atoms with E-state index < -0.39 is 35.6 Å². The molecule has 0 bridgehead atoms. The summed E-state index contributed by atoms with van der Waals surface area (Å²) in [6.07, 6.45) is 0.427. The standard InChI is InChI=1S/C23H37IO6/c1-13-8-7-9-23(6)18(30-23)10-16(14(2)12-24)29-19(26)11-17(25)22(4,5)21(28)15(3)20(13)27/h12-13,15-18,20,25,27H,7-11H2,1-6H3/b14-12-/t13-,15+,16-,17-,18-,20-,23+/m0/s1. The van der Waals surface area contributed by atoms with E-state index in [4.69, 9.17) is 9.47 Å². The van der Waals surface area contributed by atoms with E-state index in [0.29, 0.717) is 6.42 Å². The highest BCUT2D eigenvalue weighted by atomic mass is 127. The lowest BCUT2D eigenvalue weighted by Crippen LogP contribution is -2.45. The van der Waals surface area contributed by atoms with Crippen molar-refractivity contribution in [3.8, 4) is 0 Å². The summed E-state index contributed by atoms with van der Waals surface area (Å²) in [7, 11) is 0. The number of rotatable bonds is 1. The molecular weight excluding hydrogens is 499 g/mol. The van der Waals surface area contributed by atoms with Crippen molar-refractivity contribution >= 4 is 34.3 Å². The Labute approximate surface area is 193 Å². The van der Waals surface area contributed by atoms with Crippen LogP contribution < -0.4 is 0 Å². The van der Waals surface area contributed by atoms with Gasteiger partial charge >= 0.3 is 5.97 Å². The third kappa shape index (κ3) is 5.84. The van der Waals surface area contributed by atoms with Crippen LogP contribution in [0.4, 0.5) is 0 Å². The highest BCUT2D eigenvalue weighted by Crippen LogP contribution is 2.45. The van der Waals surface area contributed by atoms with Crippen molar-refractivity contribution in [2.24, 2.45) is 17.3 Å². The van der Waals surface area contributed by atoms with Gasteiger partial charge < -0.3 is 19.7 Å². The number of aliphatic hydroxyl groups excluding tert-OH is 2. The Hall–Kier alpha value is -0.510. The molecule has 0 aromatic rings. The monoisotopic (exact) mass is 536 g/mol. The highest BCUT2D eigenvalue weighted by Gasteiger charge is 2.53. The Bertz CT molecular complexity index is 675. The first-order valence-corrected chi connectivity index (χ1v) is 12.1. The minimum atomic E-state index is -1.19. The van der Waals surface area contributed by atoms with E-state index in [1.807, 2.05) is 17.9 Å². The fourth-order valence-electron chi connectivity index (χ4n) is 4.36. The van der Waals surface area contributed by atoms with Gasteiger partial charge in [0.15, 0.2) is 0 Å². The number of ether oxygens (including phenoxy) is 2. The van der Waals surface area contributed by atoms with E-state index >= 15 is 0 Å². The number of hydrogen-bond acceptors (Lipinski definition) is 6. The topological polar surface area (TPSA) is 96.4 Å². The van der Waals surface area contributed by atoms with Gasteiger partial charge in [-0.3, -0.25) is 9.59 Å². The van der Waals surface area contributed by atoms with Crippen LogP contribution in [0.5, 0.6) is 0 Å². The first-order valence-electron chi connectivity index (χ1n) is 10.9. The number of hydrogen-bond donors (Lipinski definition) is 2. The Morgan fingerprint density at radius 1 is 1.20 bits per heavy atom. The van der Waals surface area contributed by atoms with Crippen molar-refractivity contribution in [3.63, 3.8) is 0 Å². The van der Waals surface area contributed by atoms with Crippen LogP contribution in [0.1, 0.15) is 73.6 Å². The first-order chi connectivity index (χ1) is 13.8. The maximum Gasteiger partial charge on any atom is 0.309 e. The van der Waals surface area contributed by atoms with E-state index in [0.717, 1.165) is 24.8 Å². The van der Waals surface area contributed by atoms with Crippen LogP contribution in [0.15, 0.2) is 9.66 Å².